The topological polar surface area (TPSA) is 86.3 Å². The number of benzene rings is 1. The van der Waals surface area contributed by atoms with Crippen LogP contribution in [0.3, 0.4) is 0 Å². The van der Waals surface area contributed by atoms with E-state index in [9.17, 15) is 14.7 Å². The van der Waals surface area contributed by atoms with Crippen LogP contribution in [0, 0.1) is 0 Å². The smallest absolute Gasteiger partial charge is 0.257 e. The maximum atomic E-state index is 13.4. The Morgan fingerprint density at radius 1 is 1.32 bits per heavy atom. The molecule has 142 valence electrons. The van der Waals surface area contributed by atoms with E-state index in [2.05, 4.69) is 22.1 Å². The van der Waals surface area contributed by atoms with Gasteiger partial charge in [-0.05, 0) is 37.0 Å². The van der Waals surface area contributed by atoms with Crippen LogP contribution in [0.1, 0.15) is 69.2 Å². The first-order valence-electron chi connectivity index (χ1n) is 9.58. The highest BCUT2D eigenvalue weighted by Crippen LogP contribution is 2.42. The second-order valence-electron chi connectivity index (χ2n) is 7.68. The third kappa shape index (κ3) is 2.27. The van der Waals surface area contributed by atoms with E-state index in [1.807, 2.05) is 17.0 Å². The van der Waals surface area contributed by atoms with Crippen molar-refractivity contribution in [2.75, 3.05) is 6.54 Å². The van der Waals surface area contributed by atoms with Crippen LogP contribution in [-0.2, 0) is 12.8 Å². The molecule has 2 atom stereocenters. The molecule has 0 radical (unpaired) electrons. The number of hydrogen-bond donors (Lipinski definition) is 2. The molecule has 2 aromatic heterocycles. The molecule has 0 aliphatic carbocycles. The molecule has 28 heavy (non-hydrogen) atoms. The summed E-state index contributed by atoms with van der Waals surface area (Å²) in [5.41, 5.74) is 5.32. The molecule has 2 N–H and O–H groups in total. The van der Waals surface area contributed by atoms with Gasteiger partial charge in [-0.25, -0.2) is 0 Å². The quantitative estimate of drug-likeness (QED) is 0.674. The molecule has 1 amide bonds. The third-order valence-electron chi connectivity index (χ3n) is 6.03. The number of aromatic amines is 1. The van der Waals surface area contributed by atoms with Gasteiger partial charge in [0.25, 0.3) is 5.91 Å². The number of rotatable bonds is 2. The standard InChI is InChI=1S/C22H21N3O3/c1-11(26)16-10-23-20(12(2)27)19-15(16)9-18-21-14(7-8-25(18)22(19)28)13-5-3-4-6-17(13)24-21/h3-6,10-11,18,24,26H,7-9H2,1-2H3/t11?,18-/m0/s1. The first kappa shape index (κ1) is 17.1. The lowest BCUT2D eigenvalue weighted by atomic mass is 9.83. The van der Waals surface area contributed by atoms with Crippen LogP contribution < -0.4 is 0 Å². The lowest BCUT2D eigenvalue weighted by molar-refractivity contribution is 0.0620. The number of hydrogen-bond acceptors (Lipinski definition) is 4. The maximum Gasteiger partial charge on any atom is 0.257 e. The number of para-hydroxylation sites is 1. The van der Waals surface area contributed by atoms with E-state index < -0.39 is 6.10 Å². The average molecular weight is 375 g/mol. The van der Waals surface area contributed by atoms with Crippen LogP contribution in [0.25, 0.3) is 10.9 Å². The zero-order valence-corrected chi connectivity index (χ0v) is 15.8. The molecular formula is C22H21N3O3. The molecule has 3 aromatic rings. The summed E-state index contributed by atoms with van der Waals surface area (Å²) in [6, 6.07) is 8.06. The van der Waals surface area contributed by atoms with E-state index in [4.69, 9.17) is 0 Å². The van der Waals surface area contributed by atoms with E-state index in [-0.39, 0.29) is 23.4 Å². The van der Waals surface area contributed by atoms with Gasteiger partial charge in [0.2, 0.25) is 0 Å². The number of aliphatic hydroxyl groups excluding tert-OH is 1. The van der Waals surface area contributed by atoms with Gasteiger partial charge >= 0.3 is 0 Å². The van der Waals surface area contributed by atoms with E-state index in [0.717, 1.165) is 23.2 Å². The van der Waals surface area contributed by atoms with E-state index in [1.54, 1.807) is 6.92 Å². The second kappa shape index (κ2) is 6.01. The van der Waals surface area contributed by atoms with Crippen LogP contribution in [0.2, 0.25) is 0 Å². The van der Waals surface area contributed by atoms with Crippen molar-refractivity contribution in [3.63, 3.8) is 0 Å². The molecule has 6 nitrogen and oxygen atoms in total. The number of nitrogens with one attached hydrogen (secondary N) is 1. The summed E-state index contributed by atoms with van der Waals surface area (Å²) in [6.45, 7) is 3.70. The molecular weight excluding hydrogens is 354 g/mol. The van der Waals surface area contributed by atoms with Gasteiger partial charge in [0.15, 0.2) is 5.78 Å². The number of fused-ring (bicyclic) bond motifs is 6. The molecule has 1 aromatic carbocycles. The Kier molecular flexibility index (Phi) is 3.67. The molecule has 0 spiro atoms. The fourth-order valence-electron chi connectivity index (χ4n) is 4.75. The lowest BCUT2D eigenvalue weighted by Crippen LogP contribution is -2.45. The predicted molar refractivity (Wildman–Crippen MR) is 104 cm³/mol. The van der Waals surface area contributed by atoms with Crippen molar-refractivity contribution >= 4 is 22.6 Å². The van der Waals surface area contributed by atoms with Crippen molar-refractivity contribution in [3.05, 3.63) is 64.1 Å². The Morgan fingerprint density at radius 3 is 2.86 bits per heavy atom. The Labute approximate surface area is 162 Å². The average Bonchev–Trinajstić information content (AvgIpc) is 3.06. The van der Waals surface area contributed by atoms with Gasteiger partial charge in [0, 0.05) is 41.8 Å². The second-order valence-corrected chi connectivity index (χ2v) is 7.68. The molecule has 0 saturated carbocycles. The molecule has 4 heterocycles. The van der Waals surface area contributed by atoms with Gasteiger partial charge in [-0.15, -0.1) is 0 Å². The van der Waals surface area contributed by atoms with Crippen molar-refractivity contribution in [1.82, 2.24) is 14.9 Å². The maximum absolute atomic E-state index is 13.4. The highest BCUT2D eigenvalue weighted by Gasteiger charge is 2.41. The minimum Gasteiger partial charge on any atom is -0.389 e. The summed E-state index contributed by atoms with van der Waals surface area (Å²) in [5, 5.41) is 11.4. The van der Waals surface area contributed by atoms with Gasteiger partial charge in [0.05, 0.1) is 17.7 Å². The van der Waals surface area contributed by atoms with Gasteiger partial charge in [-0.2, -0.15) is 0 Å². The number of aliphatic hydroxyl groups is 1. The Bertz CT molecular complexity index is 1150. The van der Waals surface area contributed by atoms with E-state index >= 15 is 0 Å². The number of carbonyl (C=O) groups is 2. The van der Waals surface area contributed by atoms with Crippen molar-refractivity contribution < 1.29 is 14.7 Å². The first-order chi connectivity index (χ1) is 13.5. The lowest BCUT2D eigenvalue weighted by Gasteiger charge is -2.41. The molecule has 0 fully saturated rings. The molecule has 0 saturated heterocycles. The third-order valence-corrected chi connectivity index (χ3v) is 6.03. The predicted octanol–water partition coefficient (Wildman–Crippen LogP) is 3.11. The van der Waals surface area contributed by atoms with Gasteiger partial charge < -0.3 is 15.0 Å². The summed E-state index contributed by atoms with van der Waals surface area (Å²) in [7, 11) is 0. The number of amides is 1. The number of nitrogens with zero attached hydrogens (tertiary/aromatic N) is 2. The van der Waals surface area contributed by atoms with Crippen LogP contribution >= 0.6 is 0 Å². The fourth-order valence-corrected chi connectivity index (χ4v) is 4.75. The van der Waals surface area contributed by atoms with Crippen LogP contribution in [-0.4, -0.2) is 38.2 Å². The molecule has 6 heteroatoms. The van der Waals surface area contributed by atoms with Crippen molar-refractivity contribution in [2.45, 2.75) is 38.8 Å². The minimum atomic E-state index is -0.757. The summed E-state index contributed by atoms with van der Waals surface area (Å²) >= 11 is 0. The molecule has 1 unspecified atom stereocenters. The van der Waals surface area contributed by atoms with E-state index in [0.29, 0.717) is 24.1 Å². The van der Waals surface area contributed by atoms with Crippen molar-refractivity contribution in [1.29, 1.82) is 0 Å². The first-order valence-corrected chi connectivity index (χ1v) is 9.58. The van der Waals surface area contributed by atoms with Crippen LogP contribution in [0.15, 0.2) is 30.5 Å². The summed E-state index contributed by atoms with van der Waals surface area (Å²) in [5.74, 6) is -0.403. The normalized spacial score (nSPS) is 19.2. The Hall–Kier alpha value is -2.99. The SMILES string of the molecule is CC(=O)c1ncc(C(C)O)c2c1C(=O)N1CCc3c([nH]c4ccccc34)[C@@H]1C2. The van der Waals surface area contributed by atoms with Gasteiger partial charge in [0.1, 0.15) is 5.69 Å². The number of Topliss-reactive ketones (excluding diaryl/α,β-unsaturated/α-hetero) is 1. The van der Waals surface area contributed by atoms with E-state index in [1.165, 1.54) is 24.1 Å². The number of ketones is 1. The van der Waals surface area contributed by atoms with Gasteiger partial charge in [-0.1, -0.05) is 18.2 Å². The zero-order valence-electron chi connectivity index (χ0n) is 15.8. The number of pyridine rings is 1. The number of carbonyl (C=O) groups excluding carboxylic acids is 2. The van der Waals surface area contributed by atoms with Crippen molar-refractivity contribution in [2.24, 2.45) is 0 Å². The summed E-state index contributed by atoms with van der Waals surface area (Å²) in [6.07, 6.45) is 2.12. The minimum absolute atomic E-state index is 0.129. The van der Waals surface area contributed by atoms with Gasteiger partial charge in [-0.3, -0.25) is 14.6 Å². The Morgan fingerprint density at radius 2 is 2.11 bits per heavy atom. The summed E-state index contributed by atoms with van der Waals surface area (Å²) in [4.78, 5) is 35.1. The number of aromatic nitrogens is 2. The fraction of sp³-hybridized carbons (Fsp3) is 0.318. The highest BCUT2D eigenvalue weighted by molar-refractivity contribution is 6.08. The van der Waals surface area contributed by atoms with Crippen molar-refractivity contribution in [3.8, 4) is 0 Å². The largest absolute Gasteiger partial charge is 0.389 e. The Balaban J connectivity index is 1.72. The summed E-state index contributed by atoms with van der Waals surface area (Å²) < 4.78 is 0. The van der Waals surface area contributed by atoms with Crippen LogP contribution in [0.4, 0.5) is 0 Å². The molecule has 0 bridgehead atoms. The highest BCUT2D eigenvalue weighted by atomic mass is 16.3. The number of H-pyrrole nitrogens is 1. The molecule has 5 rings (SSSR count). The van der Waals surface area contributed by atoms with Crippen LogP contribution in [0.5, 0.6) is 0 Å². The monoisotopic (exact) mass is 375 g/mol. The molecule has 2 aliphatic rings. The molecule has 2 aliphatic heterocycles. The zero-order chi connectivity index (χ0) is 19.6.